The van der Waals surface area contributed by atoms with E-state index in [4.69, 9.17) is 9.47 Å². The summed E-state index contributed by atoms with van der Waals surface area (Å²) in [6, 6.07) is 15.3. The molecule has 1 N–H and O–H groups in total. The van der Waals surface area contributed by atoms with Crippen LogP contribution in [-0.2, 0) is 6.42 Å². The first-order valence-corrected chi connectivity index (χ1v) is 8.83. The third-order valence-corrected chi connectivity index (χ3v) is 5.15. The van der Waals surface area contributed by atoms with Crippen LogP contribution in [0.2, 0.25) is 0 Å². The van der Waals surface area contributed by atoms with Gasteiger partial charge in [-0.1, -0.05) is 36.4 Å². The van der Waals surface area contributed by atoms with Crippen molar-refractivity contribution in [1.29, 1.82) is 0 Å². The zero-order valence-electron chi connectivity index (χ0n) is 15.3. The van der Waals surface area contributed by atoms with Crippen LogP contribution >= 0.6 is 0 Å². The molecule has 0 unspecified atom stereocenters. The number of para-hydroxylation sites is 1. The lowest BCUT2D eigenvalue weighted by Gasteiger charge is -2.37. The van der Waals surface area contributed by atoms with Crippen molar-refractivity contribution in [2.45, 2.75) is 24.8 Å². The van der Waals surface area contributed by atoms with Gasteiger partial charge in [0.25, 0.3) is 5.91 Å². The maximum atomic E-state index is 13.3. The smallest absolute Gasteiger partial charge is 0.258 e. The lowest BCUT2D eigenvalue weighted by atomic mass is 9.88. The highest BCUT2D eigenvalue weighted by Crippen LogP contribution is 2.37. The number of amides is 1. The third kappa shape index (κ3) is 3.27. The summed E-state index contributed by atoms with van der Waals surface area (Å²) in [6.45, 7) is 0.548. The maximum Gasteiger partial charge on any atom is 0.258 e. The molecule has 1 atom stereocenters. The van der Waals surface area contributed by atoms with Crippen LogP contribution in [0.25, 0.3) is 0 Å². The molecule has 0 aromatic heterocycles. The van der Waals surface area contributed by atoms with Gasteiger partial charge in [0.2, 0.25) is 0 Å². The summed E-state index contributed by atoms with van der Waals surface area (Å²) < 4.78 is 10.8. The first-order chi connectivity index (χ1) is 12.6. The highest BCUT2D eigenvalue weighted by Gasteiger charge is 2.44. The number of carbonyl (C=O) groups is 1. The van der Waals surface area contributed by atoms with Crippen LogP contribution in [0.15, 0.2) is 48.5 Å². The summed E-state index contributed by atoms with van der Waals surface area (Å²) in [5.41, 5.74) is 0.977. The van der Waals surface area contributed by atoms with E-state index in [1.54, 1.807) is 30.2 Å². The summed E-state index contributed by atoms with van der Waals surface area (Å²) in [5.74, 6) is 0.817. The molecule has 1 heterocycles. The first-order valence-electron chi connectivity index (χ1n) is 8.83. The Morgan fingerprint density at radius 1 is 1.12 bits per heavy atom. The largest absolute Gasteiger partial charge is 0.493 e. The van der Waals surface area contributed by atoms with E-state index in [0.29, 0.717) is 30.0 Å². The molecule has 26 heavy (non-hydrogen) atoms. The van der Waals surface area contributed by atoms with Crippen molar-refractivity contribution in [3.63, 3.8) is 0 Å². The Kier molecular flexibility index (Phi) is 5.47. The van der Waals surface area contributed by atoms with Gasteiger partial charge in [-0.15, -0.1) is 0 Å². The van der Waals surface area contributed by atoms with Gasteiger partial charge >= 0.3 is 0 Å². The van der Waals surface area contributed by atoms with E-state index >= 15 is 0 Å². The summed E-state index contributed by atoms with van der Waals surface area (Å²) >= 11 is 0. The number of nitrogens with zero attached hydrogens (tertiary/aromatic N) is 1. The molecule has 3 rings (SSSR count). The van der Waals surface area contributed by atoms with Gasteiger partial charge < -0.3 is 19.5 Å². The monoisotopic (exact) mass is 355 g/mol. The number of aliphatic hydroxyl groups excluding tert-OH is 1. The van der Waals surface area contributed by atoms with Crippen LogP contribution < -0.4 is 9.47 Å². The quantitative estimate of drug-likeness (QED) is 0.866. The van der Waals surface area contributed by atoms with Gasteiger partial charge in [0.1, 0.15) is 0 Å². The molecule has 0 aliphatic carbocycles. The summed E-state index contributed by atoms with van der Waals surface area (Å²) in [7, 11) is 3.08. The number of benzene rings is 2. The van der Waals surface area contributed by atoms with Crippen molar-refractivity contribution in [3.8, 4) is 11.5 Å². The van der Waals surface area contributed by atoms with Crippen molar-refractivity contribution < 1.29 is 19.4 Å². The predicted octanol–water partition coefficient (Wildman–Crippen LogP) is 2.91. The van der Waals surface area contributed by atoms with E-state index in [9.17, 15) is 9.90 Å². The van der Waals surface area contributed by atoms with Crippen molar-refractivity contribution in [3.05, 3.63) is 59.7 Å². The highest BCUT2D eigenvalue weighted by atomic mass is 16.5. The standard InChI is InChI=1S/C21H25NO4/c1-25-18-11-6-10-17(19(18)26-2)20(24)22-13-7-12-21(22,15-23)14-16-8-4-3-5-9-16/h3-6,8-11,23H,7,12-15H2,1-2H3/t21-/m1/s1. The van der Waals surface area contributed by atoms with Gasteiger partial charge in [-0.25, -0.2) is 0 Å². The molecule has 5 nitrogen and oxygen atoms in total. The maximum absolute atomic E-state index is 13.3. The number of ether oxygens (including phenoxy) is 2. The minimum Gasteiger partial charge on any atom is -0.493 e. The van der Waals surface area contributed by atoms with Crippen LogP contribution in [0, 0.1) is 0 Å². The first kappa shape index (κ1) is 18.3. The Hall–Kier alpha value is -2.53. The average molecular weight is 355 g/mol. The minimum atomic E-state index is -0.591. The van der Waals surface area contributed by atoms with Crippen molar-refractivity contribution in [2.24, 2.45) is 0 Å². The molecule has 138 valence electrons. The Morgan fingerprint density at radius 3 is 2.54 bits per heavy atom. The van der Waals surface area contributed by atoms with Crippen LogP contribution in [0.3, 0.4) is 0 Å². The molecule has 0 spiro atoms. The topological polar surface area (TPSA) is 59.0 Å². The molecule has 0 saturated carbocycles. The summed E-state index contributed by atoms with van der Waals surface area (Å²) in [6.07, 6.45) is 2.27. The molecule has 0 bridgehead atoms. The molecule has 2 aromatic rings. The van der Waals surface area contributed by atoms with Gasteiger partial charge in [0.05, 0.1) is 31.9 Å². The third-order valence-electron chi connectivity index (χ3n) is 5.15. The van der Waals surface area contributed by atoms with Gasteiger partial charge in [0.15, 0.2) is 11.5 Å². The second-order valence-corrected chi connectivity index (χ2v) is 6.65. The fraction of sp³-hybridized carbons (Fsp3) is 0.381. The number of aliphatic hydroxyl groups is 1. The lowest BCUT2D eigenvalue weighted by molar-refractivity contribution is 0.0409. The van der Waals surface area contributed by atoms with Gasteiger partial charge in [0, 0.05) is 6.54 Å². The summed E-state index contributed by atoms with van der Waals surface area (Å²) in [5, 5.41) is 10.2. The molecule has 1 fully saturated rings. The van der Waals surface area contributed by atoms with Crippen LogP contribution in [-0.4, -0.2) is 48.8 Å². The second kappa shape index (κ2) is 7.79. The van der Waals surface area contributed by atoms with Crippen molar-refractivity contribution >= 4 is 5.91 Å². The number of methoxy groups -OCH3 is 2. The number of rotatable bonds is 6. The van der Waals surface area contributed by atoms with Gasteiger partial charge in [-0.05, 0) is 37.0 Å². The number of likely N-dealkylation sites (tertiary alicyclic amines) is 1. The van der Waals surface area contributed by atoms with Crippen LogP contribution in [0.4, 0.5) is 0 Å². The van der Waals surface area contributed by atoms with Crippen LogP contribution in [0.1, 0.15) is 28.8 Å². The van der Waals surface area contributed by atoms with Crippen molar-refractivity contribution in [1.82, 2.24) is 4.90 Å². The molecule has 1 amide bonds. The SMILES string of the molecule is COc1cccc(C(=O)N2CCC[C@]2(CO)Cc2ccccc2)c1OC. The zero-order chi connectivity index (χ0) is 18.6. The van der Waals surface area contributed by atoms with E-state index in [1.807, 2.05) is 30.3 Å². The Bertz CT molecular complexity index is 762. The van der Waals surface area contributed by atoms with E-state index < -0.39 is 5.54 Å². The van der Waals surface area contributed by atoms with E-state index in [1.165, 1.54) is 7.11 Å². The van der Waals surface area contributed by atoms with Gasteiger partial charge in [-0.3, -0.25) is 4.79 Å². The van der Waals surface area contributed by atoms with Crippen LogP contribution in [0.5, 0.6) is 11.5 Å². The molecule has 5 heteroatoms. The molecule has 1 aliphatic rings. The lowest BCUT2D eigenvalue weighted by Crippen LogP contribution is -2.51. The molecular weight excluding hydrogens is 330 g/mol. The fourth-order valence-corrected chi connectivity index (χ4v) is 3.84. The number of hydrogen-bond donors (Lipinski definition) is 1. The fourth-order valence-electron chi connectivity index (χ4n) is 3.84. The molecule has 1 saturated heterocycles. The molecule has 2 aromatic carbocycles. The Morgan fingerprint density at radius 2 is 1.88 bits per heavy atom. The minimum absolute atomic E-state index is 0.0695. The molecular formula is C21H25NO4. The zero-order valence-corrected chi connectivity index (χ0v) is 15.3. The Labute approximate surface area is 154 Å². The van der Waals surface area contributed by atoms with E-state index in [2.05, 4.69) is 0 Å². The van der Waals surface area contributed by atoms with Crippen molar-refractivity contribution in [2.75, 3.05) is 27.4 Å². The van der Waals surface area contributed by atoms with E-state index in [-0.39, 0.29) is 12.5 Å². The van der Waals surface area contributed by atoms with E-state index in [0.717, 1.165) is 18.4 Å². The average Bonchev–Trinajstić information content (AvgIpc) is 3.11. The number of carbonyl (C=O) groups excluding carboxylic acids is 1. The predicted molar refractivity (Wildman–Crippen MR) is 99.8 cm³/mol. The second-order valence-electron chi connectivity index (χ2n) is 6.65. The summed E-state index contributed by atoms with van der Waals surface area (Å²) in [4.78, 5) is 15.1. The Balaban J connectivity index is 1.95. The molecule has 1 aliphatic heterocycles. The highest BCUT2D eigenvalue weighted by molar-refractivity contribution is 5.98. The normalized spacial score (nSPS) is 19.4. The van der Waals surface area contributed by atoms with Gasteiger partial charge in [-0.2, -0.15) is 0 Å². The number of hydrogen-bond acceptors (Lipinski definition) is 4. The molecule has 0 radical (unpaired) electrons.